The van der Waals surface area contributed by atoms with Gasteiger partial charge in [0.05, 0.1) is 13.2 Å². The lowest BCUT2D eigenvalue weighted by Crippen LogP contribution is -2.37. The molecular weight excluding hydrogens is 216 g/mol. The van der Waals surface area contributed by atoms with Crippen molar-refractivity contribution in [3.63, 3.8) is 0 Å². The van der Waals surface area contributed by atoms with E-state index in [1.165, 1.54) is 11.5 Å². The van der Waals surface area contributed by atoms with E-state index in [9.17, 15) is 4.79 Å². The summed E-state index contributed by atoms with van der Waals surface area (Å²) in [6.45, 7) is 2.89. The molecule has 0 radical (unpaired) electrons. The number of anilines is 2. The van der Waals surface area contributed by atoms with E-state index in [0.29, 0.717) is 24.2 Å². The van der Waals surface area contributed by atoms with Gasteiger partial charge in [0.1, 0.15) is 0 Å². The van der Waals surface area contributed by atoms with E-state index in [0.717, 1.165) is 13.1 Å². The largest absolute Gasteiger partial charge is 0.378 e. The van der Waals surface area contributed by atoms with Crippen molar-refractivity contribution in [3.8, 4) is 0 Å². The van der Waals surface area contributed by atoms with E-state index in [4.69, 9.17) is 4.74 Å². The van der Waals surface area contributed by atoms with Gasteiger partial charge in [0, 0.05) is 31.7 Å². The Bertz CT molecular complexity index is 388. The van der Waals surface area contributed by atoms with Gasteiger partial charge in [0.25, 0.3) is 0 Å². The number of hydrogen-bond acceptors (Lipinski definition) is 7. The molecule has 0 amide bonds. The van der Waals surface area contributed by atoms with E-state index in [1.807, 2.05) is 4.90 Å². The second-order valence-corrected chi connectivity index (χ2v) is 3.81. The SMILES string of the molecule is CNc1nsc(N2CCOCC2)nc1=O. The molecule has 2 rings (SSSR count). The predicted molar refractivity (Wildman–Crippen MR) is 58.8 cm³/mol. The summed E-state index contributed by atoms with van der Waals surface area (Å²) in [7, 11) is 1.66. The molecule has 1 fully saturated rings. The molecule has 1 aliphatic heterocycles. The summed E-state index contributed by atoms with van der Waals surface area (Å²) in [6, 6.07) is 0. The lowest BCUT2D eigenvalue weighted by molar-refractivity contribution is 0.122. The second-order valence-electron chi connectivity index (χ2n) is 3.08. The number of ether oxygens (including phenoxy) is 1. The zero-order valence-corrected chi connectivity index (χ0v) is 9.21. The summed E-state index contributed by atoms with van der Waals surface area (Å²) < 4.78 is 9.27. The van der Waals surface area contributed by atoms with Crippen LogP contribution in [0.5, 0.6) is 0 Å². The second kappa shape index (κ2) is 4.54. The maximum atomic E-state index is 11.4. The molecule has 1 N–H and O–H groups in total. The van der Waals surface area contributed by atoms with Crippen molar-refractivity contribution >= 4 is 22.5 Å². The molecule has 1 saturated heterocycles. The zero-order valence-electron chi connectivity index (χ0n) is 8.39. The van der Waals surface area contributed by atoms with Crippen LogP contribution < -0.4 is 15.8 Å². The van der Waals surface area contributed by atoms with Crippen LogP contribution in [0.3, 0.4) is 0 Å². The number of rotatable bonds is 2. The van der Waals surface area contributed by atoms with Crippen LogP contribution in [0, 0.1) is 0 Å². The summed E-state index contributed by atoms with van der Waals surface area (Å²) >= 11 is 1.23. The topological polar surface area (TPSA) is 67.3 Å². The van der Waals surface area contributed by atoms with E-state index in [-0.39, 0.29) is 5.56 Å². The number of nitrogens with one attached hydrogen (secondary N) is 1. The highest BCUT2D eigenvalue weighted by Crippen LogP contribution is 2.15. The van der Waals surface area contributed by atoms with Crippen molar-refractivity contribution in [3.05, 3.63) is 10.4 Å². The molecule has 7 heteroatoms. The van der Waals surface area contributed by atoms with E-state index in [1.54, 1.807) is 7.05 Å². The number of hydrogen-bond donors (Lipinski definition) is 1. The van der Waals surface area contributed by atoms with Gasteiger partial charge in [-0.1, -0.05) is 0 Å². The molecule has 6 nitrogen and oxygen atoms in total. The van der Waals surface area contributed by atoms with Crippen molar-refractivity contribution < 1.29 is 4.74 Å². The molecule has 82 valence electrons. The molecule has 0 atom stereocenters. The van der Waals surface area contributed by atoms with Crippen LogP contribution in [0.1, 0.15) is 0 Å². The Hall–Kier alpha value is -1.21. The molecular formula is C8H12N4O2S. The maximum Gasteiger partial charge on any atom is 0.316 e. The lowest BCUT2D eigenvalue weighted by Gasteiger charge is -2.26. The lowest BCUT2D eigenvalue weighted by atomic mass is 10.5. The third-order valence-electron chi connectivity index (χ3n) is 2.14. The first kappa shape index (κ1) is 10.3. The predicted octanol–water partition coefficient (Wildman–Crippen LogP) is -0.223. The van der Waals surface area contributed by atoms with Crippen LogP contribution in [0.4, 0.5) is 10.9 Å². The van der Waals surface area contributed by atoms with Gasteiger partial charge in [-0.15, -0.1) is 0 Å². The van der Waals surface area contributed by atoms with Crippen LogP contribution in [0.25, 0.3) is 0 Å². The summed E-state index contributed by atoms with van der Waals surface area (Å²) in [5, 5.41) is 3.38. The molecule has 15 heavy (non-hydrogen) atoms. The van der Waals surface area contributed by atoms with Crippen molar-refractivity contribution in [1.29, 1.82) is 0 Å². The van der Waals surface area contributed by atoms with Gasteiger partial charge < -0.3 is 15.0 Å². The Morgan fingerprint density at radius 1 is 1.47 bits per heavy atom. The normalized spacial score (nSPS) is 16.5. The van der Waals surface area contributed by atoms with E-state index >= 15 is 0 Å². The summed E-state index contributed by atoms with van der Waals surface area (Å²) in [5.41, 5.74) is -0.308. The summed E-state index contributed by atoms with van der Waals surface area (Å²) in [5.74, 6) is 0.303. The van der Waals surface area contributed by atoms with Crippen molar-refractivity contribution in [2.75, 3.05) is 43.6 Å². The molecule has 0 unspecified atom stereocenters. The quantitative estimate of drug-likeness (QED) is 0.754. The highest BCUT2D eigenvalue weighted by Gasteiger charge is 2.14. The highest BCUT2D eigenvalue weighted by atomic mass is 32.1. The van der Waals surface area contributed by atoms with Gasteiger partial charge in [0.15, 0.2) is 0 Å². The molecule has 0 spiro atoms. The summed E-state index contributed by atoms with van der Waals surface area (Å²) in [6.07, 6.45) is 0. The van der Waals surface area contributed by atoms with Crippen LogP contribution in [-0.2, 0) is 4.74 Å². The number of aromatic nitrogens is 2. The monoisotopic (exact) mass is 228 g/mol. The average molecular weight is 228 g/mol. The third kappa shape index (κ3) is 2.24. The van der Waals surface area contributed by atoms with Crippen LogP contribution in [0.2, 0.25) is 0 Å². The molecule has 0 aromatic carbocycles. The standard InChI is InChI=1S/C8H12N4O2S/c1-9-6-7(13)10-8(15-11-6)12-2-4-14-5-3-12/h2-5H2,1H3,(H,9,11). The Labute approximate surface area is 91.1 Å². The fraction of sp³-hybridized carbons (Fsp3) is 0.625. The van der Waals surface area contributed by atoms with Gasteiger partial charge in [-0.2, -0.15) is 9.36 Å². The smallest absolute Gasteiger partial charge is 0.316 e. The first-order valence-electron chi connectivity index (χ1n) is 4.70. The summed E-state index contributed by atoms with van der Waals surface area (Å²) in [4.78, 5) is 17.4. The first-order valence-corrected chi connectivity index (χ1v) is 5.47. The molecule has 2 heterocycles. The van der Waals surface area contributed by atoms with Crippen LogP contribution in [0.15, 0.2) is 4.79 Å². The molecule has 1 aromatic rings. The van der Waals surface area contributed by atoms with Gasteiger partial charge in [-0.25, -0.2) is 0 Å². The molecule has 0 aliphatic carbocycles. The Kier molecular flexibility index (Phi) is 3.12. The Morgan fingerprint density at radius 2 is 2.20 bits per heavy atom. The van der Waals surface area contributed by atoms with Gasteiger partial charge in [0.2, 0.25) is 10.9 Å². The molecule has 0 bridgehead atoms. The van der Waals surface area contributed by atoms with Crippen molar-refractivity contribution in [2.24, 2.45) is 0 Å². The minimum Gasteiger partial charge on any atom is -0.378 e. The minimum atomic E-state index is -0.308. The Morgan fingerprint density at radius 3 is 2.80 bits per heavy atom. The van der Waals surface area contributed by atoms with Gasteiger partial charge in [-0.3, -0.25) is 4.79 Å². The Balaban J connectivity index is 2.21. The van der Waals surface area contributed by atoms with E-state index < -0.39 is 0 Å². The van der Waals surface area contributed by atoms with Crippen molar-refractivity contribution in [1.82, 2.24) is 9.36 Å². The van der Waals surface area contributed by atoms with Crippen LogP contribution >= 0.6 is 11.5 Å². The van der Waals surface area contributed by atoms with E-state index in [2.05, 4.69) is 14.7 Å². The fourth-order valence-corrected chi connectivity index (χ4v) is 2.09. The van der Waals surface area contributed by atoms with Gasteiger partial charge >= 0.3 is 5.56 Å². The number of nitrogens with zero attached hydrogens (tertiary/aromatic N) is 3. The first-order chi connectivity index (χ1) is 7.31. The third-order valence-corrected chi connectivity index (χ3v) is 2.92. The maximum absolute atomic E-state index is 11.4. The van der Waals surface area contributed by atoms with Gasteiger partial charge in [-0.05, 0) is 0 Å². The number of morpholine rings is 1. The zero-order chi connectivity index (χ0) is 10.7. The van der Waals surface area contributed by atoms with Crippen LogP contribution in [-0.4, -0.2) is 42.7 Å². The minimum absolute atomic E-state index is 0.303. The molecule has 1 aromatic heterocycles. The average Bonchev–Trinajstić information content (AvgIpc) is 2.30. The molecule has 1 aliphatic rings. The molecule has 0 saturated carbocycles. The van der Waals surface area contributed by atoms with Crippen molar-refractivity contribution in [2.45, 2.75) is 0 Å². The highest BCUT2D eigenvalue weighted by molar-refractivity contribution is 7.09. The fourth-order valence-electron chi connectivity index (χ4n) is 1.32.